The van der Waals surface area contributed by atoms with Crippen LogP contribution in [0.25, 0.3) is 4.85 Å². The summed E-state index contributed by atoms with van der Waals surface area (Å²) in [6.07, 6.45) is -0.428. The highest BCUT2D eigenvalue weighted by atomic mass is 35.5. The number of aromatic nitrogens is 1. The third kappa shape index (κ3) is 5.39. The van der Waals surface area contributed by atoms with Crippen LogP contribution in [-0.2, 0) is 9.53 Å². The highest BCUT2D eigenvalue weighted by molar-refractivity contribution is 6.33. The second kappa shape index (κ2) is 10.4. The maximum atomic E-state index is 13.1. The highest BCUT2D eigenvalue weighted by Gasteiger charge is 2.37. The average molecular weight is 464 g/mol. The Balaban J connectivity index is 1.84. The Kier molecular flexibility index (Phi) is 7.58. The molecule has 2 heterocycles. The zero-order valence-electron chi connectivity index (χ0n) is 16.5. The van der Waals surface area contributed by atoms with Crippen LogP contribution in [0.5, 0.6) is 17.2 Å². The fourth-order valence-electron chi connectivity index (χ4n) is 2.94. The molecule has 162 valence electrons. The third-order valence-corrected chi connectivity index (χ3v) is 4.92. The van der Waals surface area contributed by atoms with E-state index in [1.165, 1.54) is 19.2 Å². The smallest absolute Gasteiger partial charge is 0.373 e. The van der Waals surface area contributed by atoms with Gasteiger partial charge >= 0.3 is 6.23 Å². The van der Waals surface area contributed by atoms with E-state index in [1.54, 1.807) is 18.2 Å². The van der Waals surface area contributed by atoms with E-state index in [-0.39, 0.29) is 22.8 Å². The first-order valence-electron chi connectivity index (χ1n) is 9.15. The van der Waals surface area contributed by atoms with E-state index in [4.69, 9.17) is 48.7 Å². The first kappa shape index (κ1) is 22.7. The Bertz CT molecular complexity index is 1010. The van der Waals surface area contributed by atoms with Crippen LogP contribution in [0, 0.1) is 6.57 Å². The lowest BCUT2D eigenvalue weighted by Gasteiger charge is -2.23. The Morgan fingerprint density at radius 3 is 2.81 bits per heavy atom. The van der Waals surface area contributed by atoms with Gasteiger partial charge in [-0.05, 0) is 36.2 Å². The van der Waals surface area contributed by atoms with Crippen molar-refractivity contribution in [2.45, 2.75) is 24.8 Å². The number of nitrogens with zero attached hydrogens (tertiary/aromatic N) is 2. The van der Waals surface area contributed by atoms with E-state index < -0.39 is 24.3 Å². The predicted molar refractivity (Wildman–Crippen MR) is 114 cm³/mol. The molecule has 0 spiro atoms. The molecule has 0 saturated heterocycles. The molecule has 0 radical (unpaired) electrons. The SMILES string of the molecule is [C-]#[N+]C(OC)C(Oc1ccc(Cl)nc1Cl)C(=O)NC(CC=C)c1ccc2c(c1)OCO2. The summed E-state index contributed by atoms with van der Waals surface area (Å²) in [5.74, 6) is 0.744. The van der Waals surface area contributed by atoms with E-state index in [0.29, 0.717) is 17.9 Å². The van der Waals surface area contributed by atoms with Crippen LogP contribution in [-0.4, -0.2) is 37.1 Å². The number of carbonyl (C=O) groups excluding carboxylic acids is 1. The van der Waals surface area contributed by atoms with Crippen molar-refractivity contribution in [1.82, 2.24) is 10.3 Å². The van der Waals surface area contributed by atoms with Crippen molar-refractivity contribution in [2.24, 2.45) is 0 Å². The van der Waals surface area contributed by atoms with Gasteiger partial charge in [0.1, 0.15) is 5.15 Å². The first-order chi connectivity index (χ1) is 15.0. The number of carbonyl (C=O) groups is 1. The van der Waals surface area contributed by atoms with Gasteiger partial charge < -0.3 is 24.3 Å². The standard InChI is InChI=1S/C21H19Cl2N3O5/c1-4-5-13(12-6-7-14-16(10-12)30-11-29-14)25-20(27)18(21(24-2)28-3)31-15-8-9-17(22)26-19(15)23/h4,6-10,13,18,21H,1,5,11H2,3H3,(H,25,27). The van der Waals surface area contributed by atoms with Gasteiger partial charge in [0.2, 0.25) is 6.79 Å². The number of amides is 1. The number of nitrogens with one attached hydrogen (secondary N) is 1. The molecule has 8 nitrogen and oxygen atoms in total. The summed E-state index contributed by atoms with van der Waals surface area (Å²) >= 11 is 11.9. The molecule has 1 aliphatic heterocycles. The third-order valence-electron chi connectivity index (χ3n) is 4.44. The number of hydrogen-bond acceptors (Lipinski definition) is 6. The fraction of sp³-hybridized carbons (Fsp3) is 0.286. The predicted octanol–water partition coefficient (Wildman–Crippen LogP) is 4.19. The number of methoxy groups -OCH3 is 1. The van der Waals surface area contributed by atoms with Gasteiger partial charge in [0.05, 0.1) is 6.04 Å². The topological polar surface area (TPSA) is 83.3 Å². The molecular weight excluding hydrogens is 445 g/mol. The summed E-state index contributed by atoms with van der Waals surface area (Å²) in [5, 5.41) is 3.01. The van der Waals surface area contributed by atoms with Crippen LogP contribution in [0.3, 0.4) is 0 Å². The molecule has 0 fully saturated rings. The van der Waals surface area contributed by atoms with Gasteiger partial charge in [0, 0.05) is 7.11 Å². The van der Waals surface area contributed by atoms with Crippen LogP contribution >= 0.6 is 23.2 Å². The summed E-state index contributed by atoms with van der Waals surface area (Å²) in [4.78, 5) is 20.4. The van der Waals surface area contributed by atoms with E-state index in [0.717, 1.165) is 5.56 Å². The highest BCUT2D eigenvalue weighted by Crippen LogP contribution is 2.35. The number of rotatable bonds is 9. The Morgan fingerprint density at radius 2 is 2.13 bits per heavy atom. The minimum absolute atomic E-state index is 0.0384. The fourth-order valence-corrected chi connectivity index (χ4v) is 3.33. The van der Waals surface area contributed by atoms with E-state index in [2.05, 4.69) is 21.7 Å². The second-order valence-corrected chi connectivity index (χ2v) is 7.16. The van der Waals surface area contributed by atoms with Crippen molar-refractivity contribution in [3.63, 3.8) is 0 Å². The number of benzene rings is 1. The molecule has 1 amide bonds. The summed E-state index contributed by atoms with van der Waals surface area (Å²) < 4.78 is 21.6. The molecule has 1 aromatic carbocycles. The van der Waals surface area contributed by atoms with Gasteiger partial charge in [0.15, 0.2) is 22.4 Å². The quantitative estimate of drug-likeness (QED) is 0.341. The summed E-state index contributed by atoms with van der Waals surface area (Å²) in [6, 6.07) is 7.85. The van der Waals surface area contributed by atoms with Crippen molar-refractivity contribution < 1.29 is 23.7 Å². The molecule has 0 bridgehead atoms. The summed E-state index contributed by atoms with van der Waals surface area (Å²) in [5.41, 5.74) is 0.777. The molecule has 0 aliphatic carbocycles. The normalized spacial score (nSPS) is 14.8. The van der Waals surface area contributed by atoms with Gasteiger partial charge in [-0.2, -0.15) is 0 Å². The number of halogens is 2. The van der Waals surface area contributed by atoms with Crippen LogP contribution in [0.15, 0.2) is 43.0 Å². The number of ether oxygens (including phenoxy) is 4. The van der Waals surface area contributed by atoms with E-state index in [1.807, 2.05) is 6.07 Å². The summed E-state index contributed by atoms with van der Waals surface area (Å²) in [6.45, 7) is 11.3. The summed E-state index contributed by atoms with van der Waals surface area (Å²) in [7, 11) is 1.31. The number of pyridine rings is 1. The van der Waals surface area contributed by atoms with E-state index >= 15 is 0 Å². The van der Waals surface area contributed by atoms with Crippen LogP contribution in [0.2, 0.25) is 10.3 Å². The van der Waals surface area contributed by atoms with Gasteiger partial charge in [-0.3, -0.25) is 9.64 Å². The maximum absolute atomic E-state index is 13.1. The first-order valence-corrected chi connectivity index (χ1v) is 9.91. The minimum Gasteiger partial charge on any atom is -0.466 e. The number of hydrogen-bond donors (Lipinski definition) is 1. The van der Waals surface area contributed by atoms with E-state index in [9.17, 15) is 4.79 Å². The molecule has 10 heteroatoms. The van der Waals surface area contributed by atoms with Gasteiger partial charge in [-0.15, -0.1) is 6.58 Å². The molecule has 3 unspecified atom stereocenters. The van der Waals surface area contributed by atoms with Crippen molar-refractivity contribution in [2.75, 3.05) is 13.9 Å². The lowest BCUT2D eigenvalue weighted by molar-refractivity contribution is -0.133. The molecule has 1 aromatic heterocycles. The lowest BCUT2D eigenvalue weighted by Crippen LogP contribution is -2.46. The van der Waals surface area contributed by atoms with Crippen LogP contribution in [0.4, 0.5) is 0 Å². The van der Waals surface area contributed by atoms with Gasteiger partial charge in [0.25, 0.3) is 12.0 Å². The molecule has 3 rings (SSSR count). The lowest BCUT2D eigenvalue weighted by atomic mass is 10.0. The number of fused-ring (bicyclic) bond motifs is 1. The zero-order valence-corrected chi connectivity index (χ0v) is 18.0. The van der Waals surface area contributed by atoms with Crippen molar-refractivity contribution in [3.8, 4) is 17.2 Å². The average Bonchev–Trinajstić information content (AvgIpc) is 3.22. The Labute approximate surface area is 189 Å². The Hall–Kier alpha value is -2.99. The Morgan fingerprint density at radius 1 is 1.35 bits per heavy atom. The second-order valence-electron chi connectivity index (χ2n) is 6.41. The molecule has 3 atom stereocenters. The van der Waals surface area contributed by atoms with Crippen LogP contribution in [0.1, 0.15) is 18.0 Å². The van der Waals surface area contributed by atoms with Gasteiger partial charge in [-0.1, -0.05) is 35.3 Å². The van der Waals surface area contributed by atoms with Gasteiger partial charge in [-0.25, -0.2) is 11.6 Å². The van der Waals surface area contributed by atoms with Crippen molar-refractivity contribution in [3.05, 3.63) is 70.3 Å². The van der Waals surface area contributed by atoms with Crippen LogP contribution < -0.4 is 19.5 Å². The minimum atomic E-state index is -1.32. The molecule has 1 N–H and O–H groups in total. The van der Waals surface area contributed by atoms with Crippen molar-refractivity contribution >= 4 is 29.1 Å². The zero-order chi connectivity index (χ0) is 22.4. The molecule has 0 saturated carbocycles. The maximum Gasteiger partial charge on any atom is 0.373 e. The van der Waals surface area contributed by atoms with Crippen molar-refractivity contribution in [1.29, 1.82) is 0 Å². The molecular formula is C21H19Cl2N3O5. The molecule has 31 heavy (non-hydrogen) atoms. The monoisotopic (exact) mass is 463 g/mol. The largest absolute Gasteiger partial charge is 0.466 e. The molecule has 2 aromatic rings. The molecule has 1 aliphatic rings.